The van der Waals surface area contributed by atoms with Crippen LogP contribution in [0, 0.1) is 0 Å². The van der Waals surface area contributed by atoms with Gasteiger partial charge in [0.1, 0.15) is 7.82 Å². The molecule has 8 heteroatoms. The fraction of sp³-hybridized carbons (Fsp3) is 0.833. The number of carbonyl (C=O) groups excluding carboxylic acids is 1. The van der Waals surface area contributed by atoms with Gasteiger partial charge < -0.3 is 18.9 Å². The van der Waals surface area contributed by atoms with Gasteiger partial charge in [-0.2, -0.15) is 0 Å². The number of phosphoric acid groups is 1. The maximum Gasteiger partial charge on any atom is 1.00 e. The maximum absolute atomic E-state index is 11.0. The number of rotatable bonds is 16. The molecule has 0 saturated carbocycles. The SMILES string of the molecule is CCCCCCCC/C=C\CCCCCCCC(=O)OP(=O)([O-])[O-].[Na+].[Na+]. The molecule has 0 rings (SSSR count). The van der Waals surface area contributed by atoms with Crippen LogP contribution in [0.2, 0.25) is 0 Å². The first-order valence-electron chi connectivity index (χ1n) is 9.35. The van der Waals surface area contributed by atoms with E-state index >= 15 is 0 Å². The van der Waals surface area contributed by atoms with Crippen molar-refractivity contribution in [2.45, 2.75) is 96.8 Å². The fourth-order valence-corrected chi connectivity index (χ4v) is 2.85. The largest absolute Gasteiger partial charge is 1.00 e. The van der Waals surface area contributed by atoms with Crippen LogP contribution in [-0.2, 0) is 13.9 Å². The van der Waals surface area contributed by atoms with Crippen molar-refractivity contribution in [2.24, 2.45) is 0 Å². The van der Waals surface area contributed by atoms with E-state index in [9.17, 15) is 19.1 Å². The molecule has 0 amide bonds. The molecule has 0 unspecified atom stereocenters. The van der Waals surface area contributed by atoms with Gasteiger partial charge in [-0.05, 0) is 32.1 Å². The zero-order valence-electron chi connectivity index (χ0n) is 17.0. The van der Waals surface area contributed by atoms with Gasteiger partial charge in [-0.25, -0.2) is 0 Å². The molecule has 0 aliphatic heterocycles. The Kier molecular flexibility index (Phi) is 27.9. The molecule has 0 aromatic carbocycles. The Hall–Kier alpha value is 1.36. The molecule has 0 fully saturated rings. The number of hydrogen-bond donors (Lipinski definition) is 0. The number of phosphoric ester groups is 1. The minimum absolute atomic E-state index is 0. The zero-order chi connectivity index (χ0) is 18.1. The zero-order valence-corrected chi connectivity index (χ0v) is 21.9. The predicted octanol–water partition coefficient (Wildman–Crippen LogP) is -1.60. The average Bonchev–Trinajstić information content (AvgIpc) is 2.49. The van der Waals surface area contributed by atoms with Crippen LogP contribution >= 0.6 is 7.82 Å². The van der Waals surface area contributed by atoms with E-state index in [1.807, 2.05) is 0 Å². The molecule has 0 aromatic heterocycles. The summed E-state index contributed by atoms with van der Waals surface area (Å²) in [6.45, 7) is 2.23. The Morgan fingerprint density at radius 3 is 1.69 bits per heavy atom. The van der Waals surface area contributed by atoms with E-state index in [-0.39, 0.29) is 65.5 Å². The molecule has 0 N–H and O–H groups in total. The van der Waals surface area contributed by atoms with Gasteiger partial charge in [0.2, 0.25) is 0 Å². The van der Waals surface area contributed by atoms with Gasteiger partial charge in [-0.1, -0.05) is 70.4 Å². The van der Waals surface area contributed by atoms with E-state index in [2.05, 4.69) is 23.6 Å². The van der Waals surface area contributed by atoms with Crippen molar-refractivity contribution in [3.8, 4) is 0 Å². The summed E-state index contributed by atoms with van der Waals surface area (Å²) in [5.74, 6) is -0.944. The summed E-state index contributed by atoms with van der Waals surface area (Å²) in [6, 6.07) is 0. The molecular weight excluding hydrogens is 373 g/mol. The summed E-state index contributed by atoms with van der Waals surface area (Å²) in [6.07, 6.45) is 19.4. The summed E-state index contributed by atoms with van der Waals surface area (Å²) >= 11 is 0. The van der Waals surface area contributed by atoms with Crippen molar-refractivity contribution in [3.63, 3.8) is 0 Å². The molecular formula is C18H33Na2O5P. The number of unbranched alkanes of at least 4 members (excludes halogenated alkanes) is 11. The summed E-state index contributed by atoms with van der Waals surface area (Å²) in [5.41, 5.74) is 0. The Labute approximate surface area is 203 Å². The van der Waals surface area contributed by atoms with E-state index < -0.39 is 13.8 Å². The Balaban J connectivity index is -0.00000264. The summed E-state index contributed by atoms with van der Waals surface area (Å²) in [4.78, 5) is 31.4. The molecule has 0 aliphatic carbocycles. The van der Waals surface area contributed by atoms with Crippen LogP contribution in [0.4, 0.5) is 0 Å². The second-order valence-electron chi connectivity index (χ2n) is 6.24. The van der Waals surface area contributed by atoms with Crippen LogP contribution in [0.25, 0.3) is 0 Å². The van der Waals surface area contributed by atoms with Crippen LogP contribution in [0.15, 0.2) is 12.2 Å². The number of hydrogen-bond acceptors (Lipinski definition) is 5. The van der Waals surface area contributed by atoms with Gasteiger partial charge in [-0.15, -0.1) is 0 Å². The molecule has 142 valence electrons. The normalized spacial score (nSPS) is 11.0. The maximum atomic E-state index is 11.0. The van der Waals surface area contributed by atoms with Gasteiger partial charge in [0, 0.05) is 6.42 Å². The van der Waals surface area contributed by atoms with E-state index in [4.69, 9.17) is 0 Å². The second-order valence-corrected chi connectivity index (χ2v) is 7.32. The standard InChI is InChI=1S/C18H35O5P.2Na/c1-2-3-4-5-6-7-8-9-10-11-12-13-14-15-16-17-18(19)23-24(20,21)22;;/h9-10H,2-8,11-17H2,1H3,(H2,20,21,22);;/q;2*+1/p-2/b10-9-;;. The number of allylic oxidation sites excluding steroid dienone is 2. The van der Waals surface area contributed by atoms with Crippen molar-refractivity contribution in [1.82, 2.24) is 0 Å². The van der Waals surface area contributed by atoms with Crippen LogP contribution in [-0.4, -0.2) is 5.97 Å². The third-order valence-electron chi connectivity index (χ3n) is 3.86. The first-order valence-corrected chi connectivity index (χ1v) is 10.8. The van der Waals surface area contributed by atoms with E-state index in [0.29, 0.717) is 6.42 Å². The first kappa shape index (κ1) is 32.0. The first-order chi connectivity index (χ1) is 11.5. The minimum atomic E-state index is -5.17. The summed E-state index contributed by atoms with van der Waals surface area (Å²) in [7, 11) is -5.17. The monoisotopic (exact) mass is 406 g/mol. The van der Waals surface area contributed by atoms with Crippen molar-refractivity contribution in [2.75, 3.05) is 0 Å². The Morgan fingerprint density at radius 2 is 1.23 bits per heavy atom. The molecule has 5 nitrogen and oxygen atoms in total. The minimum Gasteiger partial charge on any atom is -0.780 e. The quantitative estimate of drug-likeness (QED) is 0.133. The van der Waals surface area contributed by atoms with Crippen LogP contribution in [0.1, 0.15) is 96.8 Å². The average molecular weight is 406 g/mol. The van der Waals surface area contributed by atoms with Gasteiger partial charge in [-0.3, -0.25) is 4.79 Å². The van der Waals surface area contributed by atoms with Crippen molar-refractivity contribution < 1.29 is 82.8 Å². The number of carbonyl (C=O) groups is 1. The van der Waals surface area contributed by atoms with E-state index in [1.165, 1.54) is 44.9 Å². The van der Waals surface area contributed by atoms with E-state index in [1.54, 1.807) is 0 Å². The summed E-state index contributed by atoms with van der Waals surface area (Å²) in [5, 5.41) is 0. The molecule has 0 saturated heterocycles. The molecule has 0 aliphatic rings. The molecule has 0 spiro atoms. The van der Waals surface area contributed by atoms with Gasteiger partial charge in [0.25, 0.3) is 0 Å². The van der Waals surface area contributed by atoms with Crippen molar-refractivity contribution in [3.05, 3.63) is 12.2 Å². The molecule has 26 heavy (non-hydrogen) atoms. The van der Waals surface area contributed by atoms with Crippen molar-refractivity contribution in [1.29, 1.82) is 0 Å². The van der Waals surface area contributed by atoms with Gasteiger partial charge in [0.15, 0.2) is 0 Å². The topological polar surface area (TPSA) is 89.5 Å². The predicted molar refractivity (Wildman–Crippen MR) is 93.2 cm³/mol. The van der Waals surface area contributed by atoms with Gasteiger partial charge in [0.05, 0.1) is 0 Å². The Bertz CT molecular complexity index is 386. The van der Waals surface area contributed by atoms with Crippen LogP contribution < -0.4 is 68.9 Å². The van der Waals surface area contributed by atoms with Crippen molar-refractivity contribution >= 4 is 13.8 Å². The van der Waals surface area contributed by atoms with Crippen LogP contribution in [0.5, 0.6) is 0 Å². The molecule has 0 radical (unpaired) electrons. The third kappa shape index (κ3) is 27.6. The molecule has 0 atom stereocenters. The van der Waals surface area contributed by atoms with Gasteiger partial charge >= 0.3 is 65.1 Å². The smallest absolute Gasteiger partial charge is 0.780 e. The fourth-order valence-electron chi connectivity index (χ4n) is 2.51. The van der Waals surface area contributed by atoms with Crippen LogP contribution in [0.3, 0.4) is 0 Å². The summed E-state index contributed by atoms with van der Waals surface area (Å²) < 4.78 is 14.0. The third-order valence-corrected chi connectivity index (χ3v) is 4.28. The molecule has 0 bridgehead atoms. The molecule has 0 heterocycles. The molecule has 0 aromatic rings. The second kappa shape index (κ2) is 22.6. The van der Waals surface area contributed by atoms with E-state index in [0.717, 1.165) is 32.1 Å². The Morgan fingerprint density at radius 1 is 0.808 bits per heavy atom.